The van der Waals surface area contributed by atoms with Crippen LogP contribution in [0.3, 0.4) is 0 Å². The number of aryl methyl sites for hydroxylation is 2. The van der Waals surface area contributed by atoms with Crippen molar-refractivity contribution in [3.05, 3.63) is 53.6 Å². The molecule has 0 unspecified atom stereocenters. The smallest absolute Gasteiger partial charge is 0.264 e. The molecule has 166 valence electrons. The number of ether oxygens (including phenoxy) is 1. The van der Waals surface area contributed by atoms with Crippen molar-refractivity contribution < 1.29 is 17.9 Å². The van der Waals surface area contributed by atoms with Crippen LogP contribution in [0.15, 0.2) is 47.4 Å². The van der Waals surface area contributed by atoms with E-state index in [0.29, 0.717) is 23.9 Å². The normalized spacial score (nSPS) is 19.4. The average Bonchev–Trinajstić information content (AvgIpc) is 2.77. The van der Waals surface area contributed by atoms with E-state index in [0.717, 1.165) is 24.0 Å². The van der Waals surface area contributed by atoms with Crippen LogP contribution < -0.4 is 14.4 Å². The second-order valence-corrected chi connectivity index (χ2v) is 10.5. The zero-order valence-electron chi connectivity index (χ0n) is 18.1. The molecule has 0 aromatic heterocycles. The van der Waals surface area contributed by atoms with Gasteiger partial charge >= 0.3 is 0 Å². The van der Waals surface area contributed by atoms with Crippen molar-refractivity contribution >= 4 is 21.6 Å². The third kappa shape index (κ3) is 4.71. The molecule has 7 heteroatoms. The summed E-state index contributed by atoms with van der Waals surface area (Å²) < 4.78 is 34.2. The maximum atomic E-state index is 13.5. The van der Waals surface area contributed by atoms with E-state index in [9.17, 15) is 13.2 Å². The van der Waals surface area contributed by atoms with Gasteiger partial charge in [0.15, 0.2) is 6.10 Å². The minimum Gasteiger partial charge on any atom is -0.476 e. The predicted molar refractivity (Wildman–Crippen MR) is 121 cm³/mol. The first-order valence-electron chi connectivity index (χ1n) is 11.0. The largest absolute Gasteiger partial charge is 0.476 e. The highest BCUT2D eigenvalue weighted by atomic mass is 32.2. The van der Waals surface area contributed by atoms with Crippen LogP contribution in [0.25, 0.3) is 0 Å². The number of benzene rings is 2. The fourth-order valence-corrected chi connectivity index (χ4v) is 5.79. The molecule has 2 aromatic carbocycles. The van der Waals surface area contributed by atoms with Gasteiger partial charge in [0.1, 0.15) is 5.75 Å². The van der Waals surface area contributed by atoms with Crippen LogP contribution in [-0.4, -0.2) is 33.5 Å². The molecule has 1 atom stereocenters. The number of carbonyl (C=O) groups is 1. The van der Waals surface area contributed by atoms with Crippen molar-refractivity contribution in [1.29, 1.82) is 0 Å². The number of sulfonamides is 1. The summed E-state index contributed by atoms with van der Waals surface area (Å²) in [5.41, 5.74) is 2.38. The van der Waals surface area contributed by atoms with E-state index in [4.69, 9.17) is 4.74 Å². The number of nitrogens with one attached hydrogen (secondary N) is 1. The van der Waals surface area contributed by atoms with Crippen molar-refractivity contribution in [2.45, 2.75) is 57.0 Å². The van der Waals surface area contributed by atoms with Gasteiger partial charge in [-0.1, -0.05) is 43.0 Å². The molecule has 0 spiro atoms. The summed E-state index contributed by atoms with van der Waals surface area (Å²) >= 11 is 0. The lowest BCUT2D eigenvalue weighted by Gasteiger charge is -2.35. The van der Waals surface area contributed by atoms with Gasteiger partial charge in [-0.3, -0.25) is 9.10 Å². The lowest BCUT2D eigenvalue weighted by molar-refractivity contribution is -0.128. The van der Waals surface area contributed by atoms with Gasteiger partial charge in [-0.15, -0.1) is 0 Å². The Labute approximate surface area is 184 Å². The Kier molecular flexibility index (Phi) is 6.23. The highest BCUT2D eigenvalue weighted by Gasteiger charge is 2.37. The molecule has 0 bridgehead atoms. The minimum absolute atomic E-state index is 0.0528. The van der Waals surface area contributed by atoms with Crippen molar-refractivity contribution in [1.82, 2.24) is 5.32 Å². The molecular formula is C24H30N2O4S. The van der Waals surface area contributed by atoms with Gasteiger partial charge in [0.25, 0.3) is 15.9 Å². The molecule has 0 saturated heterocycles. The number of amides is 1. The summed E-state index contributed by atoms with van der Waals surface area (Å²) in [7, 11) is -3.83. The first-order valence-corrected chi connectivity index (χ1v) is 12.4. The number of anilines is 1. The Morgan fingerprint density at radius 2 is 1.71 bits per heavy atom. The Hall–Kier alpha value is -2.54. The molecular weight excluding hydrogens is 412 g/mol. The molecule has 2 aromatic rings. The molecule has 1 saturated carbocycles. The van der Waals surface area contributed by atoms with E-state index in [2.05, 4.69) is 5.32 Å². The van der Waals surface area contributed by atoms with E-state index in [1.54, 1.807) is 36.4 Å². The second kappa shape index (κ2) is 8.91. The zero-order chi connectivity index (χ0) is 22.0. The quantitative estimate of drug-likeness (QED) is 0.761. The molecule has 31 heavy (non-hydrogen) atoms. The summed E-state index contributed by atoms with van der Waals surface area (Å²) in [5, 5.41) is 3.00. The van der Waals surface area contributed by atoms with E-state index >= 15 is 0 Å². The third-order valence-corrected chi connectivity index (χ3v) is 7.97. The predicted octanol–water partition coefficient (Wildman–Crippen LogP) is 3.96. The Balaban J connectivity index is 1.59. The van der Waals surface area contributed by atoms with E-state index in [1.165, 1.54) is 23.6 Å². The summed E-state index contributed by atoms with van der Waals surface area (Å²) in [4.78, 5) is 13.1. The number of rotatable bonds is 5. The molecule has 1 amide bonds. The van der Waals surface area contributed by atoms with Crippen molar-refractivity contribution in [2.24, 2.45) is 5.92 Å². The van der Waals surface area contributed by atoms with Crippen molar-refractivity contribution in [3.63, 3.8) is 0 Å². The van der Waals surface area contributed by atoms with Gasteiger partial charge in [-0.2, -0.15) is 0 Å². The molecule has 2 aliphatic rings. The summed E-state index contributed by atoms with van der Waals surface area (Å²) in [6.45, 7) is 4.39. The van der Waals surface area contributed by atoms with Crippen LogP contribution in [0.2, 0.25) is 0 Å². The van der Waals surface area contributed by atoms with Crippen LogP contribution in [0.4, 0.5) is 5.69 Å². The van der Waals surface area contributed by atoms with Gasteiger partial charge in [-0.05, 0) is 62.4 Å². The van der Waals surface area contributed by atoms with Crippen LogP contribution in [0.5, 0.6) is 5.75 Å². The summed E-state index contributed by atoms with van der Waals surface area (Å²) in [5.74, 6) is 0.643. The topological polar surface area (TPSA) is 75.7 Å². The standard InChI is InChI=1S/C24H30N2O4S/c1-17-8-11-20(12-9-17)31(28,29)26-16-23(30-22-14-18(2)10-13-21(22)26)24(27)25-15-19-6-4-3-5-7-19/h8-14,19,23H,3-7,15-16H2,1-2H3,(H,25,27)/t23-/m1/s1. The third-order valence-electron chi connectivity index (χ3n) is 6.18. The van der Waals surface area contributed by atoms with Gasteiger partial charge in [-0.25, -0.2) is 8.42 Å². The van der Waals surface area contributed by atoms with Crippen molar-refractivity contribution in [2.75, 3.05) is 17.4 Å². The lowest BCUT2D eigenvalue weighted by atomic mass is 9.89. The summed E-state index contributed by atoms with van der Waals surface area (Å²) in [6.07, 6.45) is 5.03. The van der Waals surface area contributed by atoms with E-state index in [-0.39, 0.29) is 17.3 Å². The van der Waals surface area contributed by atoms with Crippen LogP contribution >= 0.6 is 0 Å². The lowest BCUT2D eigenvalue weighted by Crippen LogP contribution is -2.51. The van der Waals surface area contributed by atoms with Crippen LogP contribution in [0.1, 0.15) is 43.2 Å². The Morgan fingerprint density at radius 3 is 2.42 bits per heavy atom. The van der Waals surface area contributed by atoms with Crippen molar-refractivity contribution in [3.8, 4) is 5.75 Å². The Morgan fingerprint density at radius 1 is 1.03 bits per heavy atom. The second-order valence-electron chi connectivity index (χ2n) is 8.68. The van der Waals surface area contributed by atoms with Gasteiger partial charge in [0, 0.05) is 6.54 Å². The average molecular weight is 443 g/mol. The first-order chi connectivity index (χ1) is 14.8. The molecule has 1 fully saturated rings. The minimum atomic E-state index is -3.83. The number of carbonyl (C=O) groups excluding carboxylic acids is 1. The zero-order valence-corrected chi connectivity index (χ0v) is 19.0. The van der Waals surface area contributed by atoms with Gasteiger partial charge in [0.2, 0.25) is 0 Å². The molecule has 6 nitrogen and oxygen atoms in total. The van der Waals surface area contributed by atoms with Gasteiger partial charge < -0.3 is 10.1 Å². The first kappa shape index (κ1) is 21.7. The SMILES string of the molecule is Cc1ccc(S(=O)(=O)N2C[C@H](C(=O)NCC3CCCCC3)Oc3cc(C)ccc32)cc1. The van der Waals surface area contributed by atoms with E-state index in [1.807, 2.05) is 19.9 Å². The van der Waals surface area contributed by atoms with E-state index < -0.39 is 16.1 Å². The number of hydrogen-bond donors (Lipinski definition) is 1. The number of nitrogens with zero attached hydrogens (tertiary/aromatic N) is 1. The Bertz CT molecular complexity index is 1040. The fraction of sp³-hybridized carbons (Fsp3) is 0.458. The summed E-state index contributed by atoms with van der Waals surface area (Å²) in [6, 6.07) is 12.1. The molecule has 1 heterocycles. The maximum Gasteiger partial charge on any atom is 0.264 e. The van der Waals surface area contributed by atoms with Gasteiger partial charge in [0.05, 0.1) is 17.1 Å². The molecule has 4 rings (SSSR count). The molecule has 1 N–H and O–H groups in total. The molecule has 1 aliphatic carbocycles. The highest BCUT2D eigenvalue weighted by molar-refractivity contribution is 7.92. The monoisotopic (exact) mass is 442 g/mol. The van der Waals surface area contributed by atoms with Crippen LogP contribution in [0, 0.1) is 19.8 Å². The molecule has 0 radical (unpaired) electrons. The fourth-order valence-electron chi connectivity index (χ4n) is 4.31. The highest BCUT2D eigenvalue weighted by Crippen LogP contribution is 2.37. The number of fused-ring (bicyclic) bond motifs is 1. The van der Waals surface area contributed by atoms with Crippen LogP contribution in [-0.2, 0) is 14.8 Å². The molecule has 1 aliphatic heterocycles. The maximum absolute atomic E-state index is 13.5. The number of hydrogen-bond acceptors (Lipinski definition) is 4.